The molecule has 1 aromatic rings. The summed E-state index contributed by atoms with van der Waals surface area (Å²) >= 11 is 0. The minimum atomic E-state index is 0.158. The minimum Gasteiger partial charge on any atom is -0.384 e. The monoisotopic (exact) mass is 276 g/mol. The van der Waals surface area contributed by atoms with Gasteiger partial charge in [0.2, 0.25) is 5.91 Å². The van der Waals surface area contributed by atoms with E-state index in [1.807, 2.05) is 12.4 Å². The van der Waals surface area contributed by atoms with Gasteiger partial charge < -0.3 is 15.5 Å². The molecular formula is C15H24N4O. The molecule has 0 atom stereocenters. The van der Waals surface area contributed by atoms with E-state index in [-0.39, 0.29) is 11.8 Å². The summed E-state index contributed by atoms with van der Waals surface area (Å²) in [6.45, 7) is 4.94. The van der Waals surface area contributed by atoms with Gasteiger partial charge in [-0.25, -0.2) is 0 Å². The molecule has 2 rings (SSSR count). The van der Waals surface area contributed by atoms with E-state index in [0.717, 1.165) is 50.3 Å². The fourth-order valence-electron chi connectivity index (χ4n) is 2.57. The molecule has 0 saturated carbocycles. The van der Waals surface area contributed by atoms with Crippen molar-refractivity contribution in [1.82, 2.24) is 10.3 Å². The first kappa shape index (κ1) is 14.6. The van der Waals surface area contributed by atoms with Crippen LogP contribution in [0.5, 0.6) is 0 Å². The van der Waals surface area contributed by atoms with E-state index in [2.05, 4.69) is 33.5 Å². The summed E-state index contributed by atoms with van der Waals surface area (Å²) in [6, 6.07) is 2.14. The summed E-state index contributed by atoms with van der Waals surface area (Å²) in [7, 11) is 1.71. The van der Waals surface area contributed by atoms with Gasteiger partial charge in [-0.05, 0) is 25.3 Å². The number of anilines is 2. The summed E-state index contributed by atoms with van der Waals surface area (Å²) in [4.78, 5) is 18.2. The van der Waals surface area contributed by atoms with E-state index >= 15 is 0 Å². The van der Waals surface area contributed by atoms with E-state index in [9.17, 15) is 4.79 Å². The molecule has 1 aromatic heterocycles. The number of aromatic nitrogens is 1. The number of hydrogen-bond acceptors (Lipinski definition) is 4. The highest BCUT2D eigenvalue weighted by Crippen LogP contribution is 2.24. The third-order valence-corrected chi connectivity index (χ3v) is 3.78. The van der Waals surface area contributed by atoms with Crippen LogP contribution < -0.4 is 15.5 Å². The van der Waals surface area contributed by atoms with Crippen molar-refractivity contribution >= 4 is 17.3 Å². The summed E-state index contributed by atoms with van der Waals surface area (Å²) in [5.74, 6) is 0.326. The number of pyridine rings is 1. The molecule has 0 spiro atoms. The van der Waals surface area contributed by atoms with E-state index in [1.54, 1.807) is 7.05 Å². The number of rotatable bonds is 5. The molecule has 0 aliphatic carbocycles. The topological polar surface area (TPSA) is 57.3 Å². The first-order valence-electron chi connectivity index (χ1n) is 7.40. The zero-order valence-electron chi connectivity index (χ0n) is 12.4. The average Bonchev–Trinajstić information content (AvgIpc) is 2.52. The third-order valence-electron chi connectivity index (χ3n) is 3.78. The Labute approximate surface area is 120 Å². The number of amides is 1. The van der Waals surface area contributed by atoms with Crippen LogP contribution in [0.15, 0.2) is 18.5 Å². The number of nitrogens with one attached hydrogen (secondary N) is 2. The van der Waals surface area contributed by atoms with Crippen molar-refractivity contribution in [2.24, 2.45) is 5.92 Å². The van der Waals surface area contributed by atoms with Crippen molar-refractivity contribution in [3.63, 3.8) is 0 Å². The molecule has 1 amide bonds. The second kappa shape index (κ2) is 7.12. The molecule has 1 aliphatic heterocycles. The molecular weight excluding hydrogens is 252 g/mol. The zero-order chi connectivity index (χ0) is 14.4. The first-order valence-corrected chi connectivity index (χ1v) is 7.40. The molecule has 0 radical (unpaired) electrons. The van der Waals surface area contributed by atoms with Gasteiger partial charge in [0.1, 0.15) is 0 Å². The molecule has 1 fully saturated rings. The lowest BCUT2D eigenvalue weighted by molar-refractivity contribution is -0.125. The van der Waals surface area contributed by atoms with Gasteiger partial charge in [0, 0.05) is 32.6 Å². The standard InChI is InChI=1S/C15H24N4O/c1-3-6-18-13-9-14(11-17-10-13)19-7-4-12(5-8-19)15(20)16-2/h9-12,18H,3-8H2,1-2H3,(H,16,20). The lowest BCUT2D eigenvalue weighted by atomic mass is 9.96. The maximum Gasteiger partial charge on any atom is 0.222 e. The van der Waals surface area contributed by atoms with E-state index in [1.165, 1.54) is 0 Å². The molecule has 110 valence electrons. The largest absolute Gasteiger partial charge is 0.384 e. The van der Waals surface area contributed by atoms with Gasteiger partial charge in [-0.15, -0.1) is 0 Å². The first-order chi connectivity index (χ1) is 9.74. The van der Waals surface area contributed by atoms with Crippen molar-refractivity contribution in [2.75, 3.05) is 36.9 Å². The van der Waals surface area contributed by atoms with E-state index in [4.69, 9.17) is 0 Å². The van der Waals surface area contributed by atoms with Gasteiger partial charge in [0.25, 0.3) is 0 Å². The second-order valence-electron chi connectivity index (χ2n) is 5.23. The van der Waals surface area contributed by atoms with Crippen molar-refractivity contribution in [3.05, 3.63) is 18.5 Å². The SMILES string of the molecule is CCCNc1cncc(N2CCC(C(=O)NC)CC2)c1. The summed E-state index contributed by atoms with van der Waals surface area (Å²) in [6.07, 6.45) is 6.67. The molecule has 20 heavy (non-hydrogen) atoms. The summed E-state index contributed by atoms with van der Waals surface area (Å²) in [5.41, 5.74) is 2.21. The fourth-order valence-corrected chi connectivity index (χ4v) is 2.57. The Balaban J connectivity index is 1.94. The number of hydrogen-bond donors (Lipinski definition) is 2. The van der Waals surface area contributed by atoms with Crippen LogP contribution in [0, 0.1) is 5.92 Å². The molecule has 2 heterocycles. The lowest BCUT2D eigenvalue weighted by Gasteiger charge is -2.32. The van der Waals surface area contributed by atoms with Crippen molar-refractivity contribution < 1.29 is 4.79 Å². The number of piperidine rings is 1. The fraction of sp³-hybridized carbons (Fsp3) is 0.600. The molecule has 5 nitrogen and oxygen atoms in total. The Morgan fingerprint density at radius 3 is 2.80 bits per heavy atom. The lowest BCUT2D eigenvalue weighted by Crippen LogP contribution is -2.39. The number of nitrogens with zero attached hydrogens (tertiary/aromatic N) is 2. The maximum absolute atomic E-state index is 11.6. The third kappa shape index (κ3) is 3.62. The van der Waals surface area contributed by atoms with Crippen LogP contribution >= 0.6 is 0 Å². The van der Waals surface area contributed by atoms with E-state index < -0.39 is 0 Å². The molecule has 0 aromatic carbocycles. The molecule has 1 saturated heterocycles. The molecule has 1 aliphatic rings. The summed E-state index contributed by atoms with van der Waals surface area (Å²) in [5, 5.41) is 6.10. The zero-order valence-corrected chi connectivity index (χ0v) is 12.4. The van der Waals surface area contributed by atoms with E-state index in [0.29, 0.717) is 0 Å². The maximum atomic E-state index is 11.6. The van der Waals surface area contributed by atoms with Crippen molar-refractivity contribution in [1.29, 1.82) is 0 Å². The quantitative estimate of drug-likeness (QED) is 0.862. The Bertz CT molecular complexity index is 441. The highest BCUT2D eigenvalue weighted by atomic mass is 16.1. The number of carbonyl (C=O) groups is 1. The molecule has 0 unspecified atom stereocenters. The predicted molar refractivity (Wildman–Crippen MR) is 82.0 cm³/mol. The average molecular weight is 276 g/mol. The van der Waals surface area contributed by atoms with Crippen LogP contribution in [-0.2, 0) is 4.79 Å². The van der Waals surface area contributed by atoms with Crippen LogP contribution in [-0.4, -0.2) is 37.6 Å². The van der Waals surface area contributed by atoms with Crippen LogP contribution in [0.4, 0.5) is 11.4 Å². The van der Waals surface area contributed by atoms with Gasteiger partial charge in [-0.2, -0.15) is 0 Å². The van der Waals surface area contributed by atoms with Crippen LogP contribution in [0.1, 0.15) is 26.2 Å². The Morgan fingerprint density at radius 2 is 2.15 bits per heavy atom. The minimum absolute atomic E-state index is 0.158. The van der Waals surface area contributed by atoms with Crippen LogP contribution in [0.2, 0.25) is 0 Å². The van der Waals surface area contributed by atoms with Gasteiger partial charge in [-0.1, -0.05) is 6.92 Å². The normalized spacial score (nSPS) is 16.0. The van der Waals surface area contributed by atoms with Crippen LogP contribution in [0.25, 0.3) is 0 Å². The van der Waals surface area contributed by atoms with Gasteiger partial charge in [0.05, 0.1) is 23.8 Å². The van der Waals surface area contributed by atoms with Gasteiger partial charge in [-0.3, -0.25) is 9.78 Å². The summed E-state index contributed by atoms with van der Waals surface area (Å²) < 4.78 is 0. The Kier molecular flexibility index (Phi) is 5.21. The Morgan fingerprint density at radius 1 is 1.40 bits per heavy atom. The van der Waals surface area contributed by atoms with Gasteiger partial charge >= 0.3 is 0 Å². The Hall–Kier alpha value is -1.78. The molecule has 5 heteroatoms. The molecule has 0 bridgehead atoms. The number of carbonyl (C=O) groups excluding carboxylic acids is 1. The van der Waals surface area contributed by atoms with Gasteiger partial charge in [0.15, 0.2) is 0 Å². The molecule has 2 N–H and O–H groups in total. The predicted octanol–water partition coefficient (Wildman–Crippen LogP) is 1.87. The highest BCUT2D eigenvalue weighted by molar-refractivity contribution is 5.78. The van der Waals surface area contributed by atoms with Crippen molar-refractivity contribution in [3.8, 4) is 0 Å². The van der Waals surface area contributed by atoms with Crippen molar-refractivity contribution in [2.45, 2.75) is 26.2 Å². The van der Waals surface area contributed by atoms with Crippen LogP contribution in [0.3, 0.4) is 0 Å². The smallest absolute Gasteiger partial charge is 0.222 e. The highest BCUT2D eigenvalue weighted by Gasteiger charge is 2.24. The second-order valence-corrected chi connectivity index (χ2v) is 5.23.